The van der Waals surface area contributed by atoms with Gasteiger partial charge in [-0.2, -0.15) is 4.98 Å². The van der Waals surface area contributed by atoms with Crippen molar-refractivity contribution in [2.45, 2.75) is 36.6 Å². The van der Waals surface area contributed by atoms with Gasteiger partial charge < -0.3 is 34.2 Å². The monoisotopic (exact) mass is 675 g/mol. The minimum Gasteiger partial charge on any atom is -0.497 e. The van der Waals surface area contributed by atoms with Crippen molar-refractivity contribution < 1.29 is 33.2 Å². The molecule has 7 rings (SSSR count). The van der Waals surface area contributed by atoms with Gasteiger partial charge in [-0.1, -0.05) is 72.8 Å². The molecule has 0 unspecified atom stereocenters. The van der Waals surface area contributed by atoms with E-state index < -0.39 is 41.3 Å². The van der Waals surface area contributed by atoms with Crippen LogP contribution in [0.2, 0.25) is 0 Å². The Hall–Kier alpha value is -5.49. The number of nitrogens with two attached hydrogens (primary N) is 1. The first-order chi connectivity index (χ1) is 24.3. The summed E-state index contributed by atoms with van der Waals surface area (Å²) in [4.78, 5) is 30.6. The van der Waals surface area contributed by atoms with E-state index in [4.69, 9.17) is 34.2 Å². The quantitative estimate of drug-likeness (QED) is 0.150. The van der Waals surface area contributed by atoms with E-state index in [1.54, 1.807) is 51.6 Å². The summed E-state index contributed by atoms with van der Waals surface area (Å²) in [5, 5.41) is 0. The van der Waals surface area contributed by atoms with Crippen LogP contribution in [-0.4, -0.2) is 60.8 Å². The number of anilines is 1. The maximum atomic E-state index is 13.3. The number of fused-ring (bicyclic) bond motifs is 2. The van der Waals surface area contributed by atoms with Crippen LogP contribution in [0.3, 0.4) is 0 Å². The first-order valence-corrected chi connectivity index (χ1v) is 16.2. The number of nitrogen functional groups attached to an aromatic ring is 1. The highest BCUT2D eigenvalue weighted by atomic mass is 16.7. The molecule has 11 nitrogen and oxygen atoms in total. The molecular formula is C39H37N3O8. The average Bonchev–Trinajstić information content (AvgIpc) is 3.66. The molecule has 256 valence electrons. The molecule has 1 aromatic heterocycles. The van der Waals surface area contributed by atoms with Crippen LogP contribution in [0, 0.1) is 6.92 Å². The Labute approximate surface area is 289 Å². The lowest BCUT2D eigenvalue weighted by Gasteiger charge is -2.40. The van der Waals surface area contributed by atoms with Crippen molar-refractivity contribution >= 4 is 11.8 Å². The molecule has 0 saturated carbocycles. The Bertz CT molecular complexity index is 1970. The lowest BCUT2D eigenvalue weighted by molar-refractivity contribution is -0.192. The van der Waals surface area contributed by atoms with Crippen molar-refractivity contribution in [3.8, 4) is 11.5 Å². The molecule has 0 amide bonds. The third kappa shape index (κ3) is 5.79. The molecule has 4 aromatic carbocycles. The zero-order chi connectivity index (χ0) is 34.9. The number of hydrogen-bond donors (Lipinski definition) is 1. The second-order valence-corrected chi connectivity index (χ2v) is 12.3. The second-order valence-electron chi connectivity index (χ2n) is 12.3. The maximum absolute atomic E-state index is 13.3. The van der Waals surface area contributed by atoms with Crippen molar-refractivity contribution in [3.05, 3.63) is 154 Å². The van der Waals surface area contributed by atoms with E-state index in [-0.39, 0.29) is 19.0 Å². The lowest BCUT2D eigenvalue weighted by atomic mass is 9.79. The van der Waals surface area contributed by atoms with Crippen molar-refractivity contribution in [3.63, 3.8) is 0 Å². The van der Waals surface area contributed by atoms with Crippen LogP contribution in [0.15, 0.2) is 120 Å². The smallest absolute Gasteiger partial charge is 0.351 e. The summed E-state index contributed by atoms with van der Waals surface area (Å²) in [5.41, 5.74) is 6.15. The van der Waals surface area contributed by atoms with Crippen molar-refractivity contribution in [2.75, 3.05) is 33.2 Å². The first kappa shape index (κ1) is 33.0. The van der Waals surface area contributed by atoms with E-state index in [2.05, 4.69) is 4.98 Å². The van der Waals surface area contributed by atoms with E-state index in [0.29, 0.717) is 22.6 Å². The van der Waals surface area contributed by atoms with E-state index in [0.717, 1.165) is 16.7 Å². The van der Waals surface area contributed by atoms with Crippen molar-refractivity contribution in [1.29, 1.82) is 0 Å². The fraction of sp³-hybridized carbons (Fsp3) is 0.256. The van der Waals surface area contributed by atoms with E-state index >= 15 is 0 Å². The summed E-state index contributed by atoms with van der Waals surface area (Å²) >= 11 is 0. The lowest BCUT2D eigenvalue weighted by Crippen LogP contribution is -2.50. The molecule has 2 aliphatic heterocycles. The number of benzene rings is 4. The van der Waals surface area contributed by atoms with Gasteiger partial charge in [0.1, 0.15) is 41.7 Å². The van der Waals surface area contributed by atoms with Gasteiger partial charge in [-0.25, -0.2) is 9.59 Å². The van der Waals surface area contributed by atoms with Crippen molar-refractivity contribution in [1.82, 2.24) is 9.55 Å². The minimum atomic E-state index is -1.33. The fourth-order valence-corrected chi connectivity index (χ4v) is 6.72. The van der Waals surface area contributed by atoms with Crippen LogP contribution in [0.25, 0.3) is 0 Å². The average molecular weight is 676 g/mol. The number of nitrogens with zero attached hydrogens (tertiary/aromatic N) is 2. The standard InChI is InChI=1S/C39H37N3O8/c1-25-22-42(37(44)41-34(25)40)35-32-33(38(50-35,23-47-32)24-48-36(43)26-10-6-4-7-11-26)49-39(27-12-8-5-9-13-27,28-14-18-30(45-2)19-15-28)29-16-20-31(46-3)21-17-29/h4-22,32-33,35H,23-24H2,1-3H3,(H2,40,41,44)/t32-,33+,35-,38-/m1/s1. The Morgan fingerprint density at radius 1 is 0.880 bits per heavy atom. The van der Waals surface area contributed by atoms with Crippen LogP contribution in [-0.2, 0) is 24.5 Å². The summed E-state index contributed by atoms with van der Waals surface area (Å²) in [6.07, 6.45) is -1.06. The normalized spacial score (nSPS) is 21.1. The van der Waals surface area contributed by atoms with Crippen LogP contribution in [0.4, 0.5) is 5.82 Å². The van der Waals surface area contributed by atoms with Gasteiger partial charge >= 0.3 is 11.7 Å². The Morgan fingerprint density at radius 3 is 2.02 bits per heavy atom. The number of hydrogen-bond acceptors (Lipinski definition) is 10. The predicted molar refractivity (Wildman–Crippen MR) is 184 cm³/mol. The topological polar surface area (TPSA) is 133 Å². The van der Waals surface area contributed by atoms with Gasteiger partial charge in [-0.3, -0.25) is 4.57 Å². The van der Waals surface area contributed by atoms with Gasteiger partial charge in [0.05, 0.1) is 26.4 Å². The highest BCUT2D eigenvalue weighted by molar-refractivity contribution is 5.89. The van der Waals surface area contributed by atoms with Gasteiger partial charge in [0, 0.05) is 11.8 Å². The van der Waals surface area contributed by atoms with Gasteiger partial charge in [0.2, 0.25) is 0 Å². The molecule has 3 heterocycles. The van der Waals surface area contributed by atoms with Gasteiger partial charge in [-0.05, 0) is 60.0 Å². The third-order valence-electron chi connectivity index (χ3n) is 9.36. The van der Waals surface area contributed by atoms with Crippen LogP contribution in [0.1, 0.15) is 38.8 Å². The summed E-state index contributed by atoms with van der Waals surface area (Å²) in [5.74, 6) is 0.939. The number of esters is 1. The van der Waals surface area contributed by atoms with Gasteiger partial charge in [0.15, 0.2) is 11.8 Å². The number of ether oxygens (including phenoxy) is 6. The summed E-state index contributed by atoms with van der Waals surface area (Å²) in [6.45, 7) is 1.57. The molecule has 2 N–H and O–H groups in total. The maximum Gasteiger partial charge on any atom is 0.351 e. The predicted octanol–water partition coefficient (Wildman–Crippen LogP) is 5.05. The third-order valence-corrected chi connectivity index (χ3v) is 9.36. The molecule has 0 aliphatic carbocycles. The highest BCUT2D eigenvalue weighted by Crippen LogP contribution is 2.52. The molecule has 0 radical (unpaired) electrons. The molecular weight excluding hydrogens is 638 g/mol. The van der Waals surface area contributed by atoms with Crippen LogP contribution in [0.5, 0.6) is 11.5 Å². The molecule has 2 aliphatic rings. The van der Waals surface area contributed by atoms with Crippen molar-refractivity contribution in [2.24, 2.45) is 0 Å². The Kier molecular flexibility index (Phi) is 8.87. The zero-order valence-electron chi connectivity index (χ0n) is 27.9. The van der Waals surface area contributed by atoms with E-state index in [9.17, 15) is 9.59 Å². The molecule has 2 saturated heterocycles. The SMILES string of the molecule is COc1ccc(C(O[C@H]2[C@H]3OC[C@]2(COC(=O)c2ccccc2)O[C@H]3n2cc(C)c(N)nc2=O)(c2ccccc2)c2ccc(OC)cc2)cc1. The number of aromatic nitrogens is 2. The minimum absolute atomic E-state index is 0.0349. The number of rotatable bonds is 11. The molecule has 2 fully saturated rings. The zero-order valence-corrected chi connectivity index (χ0v) is 27.9. The Morgan fingerprint density at radius 2 is 1.44 bits per heavy atom. The molecule has 5 aromatic rings. The summed E-state index contributed by atoms with van der Waals surface area (Å²) in [7, 11) is 3.22. The molecule has 11 heteroatoms. The fourth-order valence-electron chi connectivity index (χ4n) is 6.72. The van der Waals surface area contributed by atoms with Gasteiger partial charge in [-0.15, -0.1) is 0 Å². The number of carbonyl (C=O) groups is 1. The Balaban J connectivity index is 1.39. The number of aryl methyl sites for hydroxylation is 1. The number of methoxy groups -OCH3 is 2. The first-order valence-electron chi connectivity index (χ1n) is 16.2. The van der Waals surface area contributed by atoms with Crippen LogP contribution < -0.4 is 20.9 Å². The molecule has 2 bridgehead atoms. The highest BCUT2D eigenvalue weighted by Gasteiger charge is 2.66. The van der Waals surface area contributed by atoms with E-state index in [1.165, 1.54) is 4.57 Å². The molecule has 4 atom stereocenters. The molecule has 0 spiro atoms. The largest absolute Gasteiger partial charge is 0.497 e. The van der Waals surface area contributed by atoms with Crippen LogP contribution >= 0.6 is 0 Å². The van der Waals surface area contributed by atoms with Gasteiger partial charge in [0.25, 0.3) is 0 Å². The number of carbonyl (C=O) groups excluding carboxylic acids is 1. The summed E-state index contributed by atoms with van der Waals surface area (Å²) < 4.78 is 39.0. The van der Waals surface area contributed by atoms with E-state index in [1.807, 2.05) is 84.9 Å². The second kappa shape index (κ2) is 13.4. The molecule has 50 heavy (non-hydrogen) atoms. The summed E-state index contributed by atoms with van der Waals surface area (Å²) in [6, 6.07) is 33.8.